The van der Waals surface area contributed by atoms with Crippen LogP contribution in [0.5, 0.6) is 0 Å². The third kappa shape index (κ3) is 3.59. The summed E-state index contributed by atoms with van der Waals surface area (Å²) >= 11 is 6.25. The summed E-state index contributed by atoms with van der Waals surface area (Å²) in [7, 11) is -1.98. The summed E-state index contributed by atoms with van der Waals surface area (Å²) in [6.45, 7) is 3.29. The van der Waals surface area contributed by atoms with Gasteiger partial charge in [-0.05, 0) is 37.6 Å². The molecule has 0 unspecified atom stereocenters. The van der Waals surface area contributed by atoms with E-state index in [4.69, 9.17) is 11.6 Å². The number of halogens is 1. The third-order valence-electron chi connectivity index (χ3n) is 4.75. The molecule has 0 bridgehead atoms. The highest BCUT2D eigenvalue weighted by molar-refractivity contribution is 7.92. The normalized spacial score (nSPS) is 11.6. The van der Waals surface area contributed by atoms with Crippen LogP contribution < -0.4 is 9.86 Å². The van der Waals surface area contributed by atoms with Crippen LogP contribution in [0, 0.1) is 6.92 Å². The number of aromatic nitrogens is 2. The standard InChI is InChI=1S/C20H22ClN3O3S/c1-4-28(26,27)23(14-16-10-8-9-13-18(16)21)19-15(2)22(3)24(20(19)25)17-11-6-5-7-12-17/h5-13H,4,14H2,1-3H3. The second-order valence-electron chi connectivity index (χ2n) is 6.41. The molecule has 0 radical (unpaired) electrons. The van der Waals surface area contributed by atoms with E-state index in [2.05, 4.69) is 0 Å². The van der Waals surface area contributed by atoms with Crippen molar-refractivity contribution >= 4 is 27.3 Å². The lowest BCUT2D eigenvalue weighted by atomic mass is 10.2. The molecule has 1 aromatic heterocycles. The summed E-state index contributed by atoms with van der Waals surface area (Å²) in [4.78, 5) is 13.3. The van der Waals surface area contributed by atoms with Crippen LogP contribution in [0.2, 0.25) is 5.02 Å². The van der Waals surface area contributed by atoms with E-state index < -0.39 is 15.6 Å². The van der Waals surface area contributed by atoms with Crippen LogP contribution in [-0.2, 0) is 23.6 Å². The highest BCUT2D eigenvalue weighted by atomic mass is 35.5. The molecule has 0 aliphatic heterocycles. The molecule has 0 aliphatic rings. The van der Waals surface area contributed by atoms with E-state index in [0.29, 0.717) is 22.0 Å². The van der Waals surface area contributed by atoms with Crippen molar-refractivity contribution in [1.29, 1.82) is 0 Å². The number of nitrogens with zero attached hydrogens (tertiary/aromatic N) is 3. The minimum Gasteiger partial charge on any atom is -0.283 e. The second-order valence-corrected chi connectivity index (χ2v) is 9.00. The Kier molecular flexibility index (Phi) is 5.67. The van der Waals surface area contributed by atoms with Gasteiger partial charge in [-0.3, -0.25) is 13.8 Å². The summed E-state index contributed by atoms with van der Waals surface area (Å²) in [5.41, 5.74) is 1.59. The predicted octanol–water partition coefficient (Wildman–Crippen LogP) is 3.49. The van der Waals surface area contributed by atoms with Gasteiger partial charge < -0.3 is 0 Å². The summed E-state index contributed by atoms with van der Waals surface area (Å²) in [6.07, 6.45) is 0. The fourth-order valence-electron chi connectivity index (χ4n) is 3.10. The van der Waals surface area contributed by atoms with E-state index in [9.17, 15) is 13.2 Å². The number of sulfonamides is 1. The Hall–Kier alpha value is -2.51. The number of hydrogen-bond donors (Lipinski definition) is 0. The molecule has 6 nitrogen and oxygen atoms in total. The molecule has 2 aromatic carbocycles. The van der Waals surface area contributed by atoms with Crippen LogP contribution >= 0.6 is 11.6 Å². The van der Waals surface area contributed by atoms with E-state index in [0.717, 1.165) is 0 Å². The van der Waals surface area contributed by atoms with Crippen LogP contribution in [0.25, 0.3) is 5.69 Å². The number of benzene rings is 2. The van der Waals surface area contributed by atoms with E-state index in [1.165, 1.54) is 8.99 Å². The van der Waals surface area contributed by atoms with Gasteiger partial charge in [0.05, 0.1) is 23.7 Å². The van der Waals surface area contributed by atoms with E-state index in [1.807, 2.05) is 18.2 Å². The first-order valence-electron chi connectivity index (χ1n) is 8.85. The van der Waals surface area contributed by atoms with E-state index in [1.54, 1.807) is 62.0 Å². The first kappa shape index (κ1) is 20.2. The average Bonchev–Trinajstić information content (AvgIpc) is 2.90. The van der Waals surface area contributed by atoms with Crippen molar-refractivity contribution in [1.82, 2.24) is 9.36 Å². The third-order valence-corrected chi connectivity index (χ3v) is 6.83. The molecule has 0 amide bonds. The zero-order valence-corrected chi connectivity index (χ0v) is 17.5. The fourth-order valence-corrected chi connectivity index (χ4v) is 4.43. The topological polar surface area (TPSA) is 64.3 Å². The van der Waals surface area contributed by atoms with Crippen molar-refractivity contribution in [2.24, 2.45) is 7.05 Å². The van der Waals surface area contributed by atoms with Crippen molar-refractivity contribution in [3.8, 4) is 5.69 Å². The van der Waals surface area contributed by atoms with Gasteiger partial charge in [0, 0.05) is 12.1 Å². The molecular formula is C20H22ClN3O3S. The molecule has 28 heavy (non-hydrogen) atoms. The second kappa shape index (κ2) is 7.85. The fraction of sp³-hybridized carbons (Fsp3) is 0.250. The molecule has 0 aliphatic carbocycles. The predicted molar refractivity (Wildman–Crippen MR) is 113 cm³/mol. The highest BCUT2D eigenvalue weighted by Gasteiger charge is 2.29. The van der Waals surface area contributed by atoms with Gasteiger partial charge in [-0.25, -0.2) is 13.1 Å². The van der Waals surface area contributed by atoms with Gasteiger partial charge in [-0.15, -0.1) is 0 Å². The average molecular weight is 420 g/mol. The summed E-state index contributed by atoms with van der Waals surface area (Å²) < 4.78 is 30.1. The van der Waals surface area contributed by atoms with Crippen LogP contribution in [0.15, 0.2) is 59.4 Å². The van der Waals surface area contributed by atoms with Crippen molar-refractivity contribution in [3.05, 3.63) is 81.2 Å². The molecule has 1 heterocycles. The molecule has 0 saturated carbocycles. The Morgan fingerprint density at radius 1 is 1.04 bits per heavy atom. The maximum absolute atomic E-state index is 13.3. The zero-order valence-electron chi connectivity index (χ0n) is 16.0. The van der Waals surface area contributed by atoms with Crippen molar-refractivity contribution in [3.63, 3.8) is 0 Å². The van der Waals surface area contributed by atoms with Crippen LogP contribution in [0.1, 0.15) is 18.2 Å². The maximum Gasteiger partial charge on any atom is 0.296 e. The lowest BCUT2D eigenvalue weighted by molar-refractivity contribution is 0.591. The number of rotatable bonds is 6. The molecule has 0 fully saturated rings. The number of para-hydroxylation sites is 1. The zero-order chi connectivity index (χ0) is 20.5. The van der Waals surface area contributed by atoms with Gasteiger partial charge in [-0.2, -0.15) is 0 Å². The number of hydrogen-bond acceptors (Lipinski definition) is 3. The summed E-state index contributed by atoms with van der Waals surface area (Å²) in [5.74, 6) is -0.128. The van der Waals surface area contributed by atoms with Crippen molar-refractivity contribution in [2.45, 2.75) is 20.4 Å². The number of anilines is 1. The Bertz CT molecular complexity index is 1150. The summed E-state index contributed by atoms with van der Waals surface area (Å²) in [6, 6.07) is 16.1. The molecule has 0 saturated heterocycles. The Labute approximate surface area is 169 Å². The largest absolute Gasteiger partial charge is 0.296 e. The smallest absolute Gasteiger partial charge is 0.283 e. The monoisotopic (exact) mass is 419 g/mol. The quantitative estimate of drug-likeness (QED) is 0.614. The molecule has 0 N–H and O–H groups in total. The summed E-state index contributed by atoms with van der Waals surface area (Å²) in [5, 5.41) is 0.454. The van der Waals surface area contributed by atoms with Gasteiger partial charge in [0.1, 0.15) is 5.69 Å². The van der Waals surface area contributed by atoms with Crippen molar-refractivity contribution < 1.29 is 8.42 Å². The van der Waals surface area contributed by atoms with E-state index in [-0.39, 0.29) is 18.0 Å². The molecular weight excluding hydrogens is 398 g/mol. The molecule has 8 heteroatoms. The minimum atomic E-state index is -3.71. The highest BCUT2D eigenvalue weighted by Crippen LogP contribution is 2.26. The Balaban J connectivity index is 2.22. The Morgan fingerprint density at radius 3 is 2.25 bits per heavy atom. The molecule has 0 atom stereocenters. The lowest BCUT2D eigenvalue weighted by Crippen LogP contribution is -2.36. The van der Waals surface area contributed by atoms with Gasteiger partial charge in [0.2, 0.25) is 10.0 Å². The van der Waals surface area contributed by atoms with Crippen LogP contribution in [-0.4, -0.2) is 23.5 Å². The minimum absolute atomic E-state index is 0.00920. The first-order valence-corrected chi connectivity index (χ1v) is 10.8. The van der Waals surface area contributed by atoms with Gasteiger partial charge in [0.25, 0.3) is 5.56 Å². The molecule has 148 valence electrons. The van der Waals surface area contributed by atoms with Gasteiger partial charge in [0.15, 0.2) is 0 Å². The maximum atomic E-state index is 13.3. The lowest BCUT2D eigenvalue weighted by Gasteiger charge is -2.23. The Morgan fingerprint density at radius 2 is 1.64 bits per heavy atom. The van der Waals surface area contributed by atoms with Crippen LogP contribution in [0.4, 0.5) is 5.69 Å². The van der Waals surface area contributed by atoms with E-state index >= 15 is 0 Å². The molecule has 3 rings (SSSR count). The molecule has 3 aromatic rings. The first-order chi connectivity index (χ1) is 13.3. The SMILES string of the molecule is CCS(=O)(=O)N(Cc1ccccc1Cl)c1c(C)n(C)n(-c2ccccc2)c1=O. The van der Waals surface area contributed by atoms with Gasteiger partial charge in [-0.1, -0.05) is 48.0 Å². The van der Waals surface area contributed by atoms with Crippen LogP contribution in [0.3, 0.4) is 0 Å². The van der Waals surface area contributed by atoms with Gasteiger partial charge >= 0.3 is 0 Å². The van der Waals surface area contributed by atoms with Crippen molar-refractivity contribution in [2.75, 3.05) is 10.1 Å². The molecule has 0 spiro atoms.